The summed E-state index contributed by atoms with van der Waals surface area (Å²) in [5, 5.41) is 3.05. The zero-order valence-corrected chi connectivity index (χ0v) is 19.6. The van der Waals surface area contributed by atoms with Crippen LogP contribution in [0.25, 0.3) is 0 Å². The van der Waals surface area contributed by atoms with Crippen LogP contribution in [0.2, 0.25) is 0 Å². The van der Waals surface area contributed by atoms with Crippen molar-refractivity contribution in [3.63, 3.8) is 0 Å². The number of hydrogen-bond donors (Lipinski definition) is 1. The molecule has 1 amide bonds. The lowest BCUT2D eigenvalue weighted by atomic mass is 9.85. The lowest BCUT2D eigenvalue weighted by Gasteiger charge is -2.20. The monoisotopic (exact) mass is 487 g/mol. The van der Waals surface area contributed by atoms with Crippen LogP contribution in [0, 0.1) is 12.8 Å². The summed E-state index contributed by atoms with van der Waals surface area (Å²) in [4.78, 5) is 33.7. The minimum absolute atomic E-state index is 0.130. The van der Waals surface area contributed by atoms with Crippen LogP contribution in [-0.4, -0.2) is 34.2 Å². The Hall–Kier alpha value is -2.14. The van der Waals surface area contributed by atoms with Gasteiger partial charge in [-0.2, -0.15) is 13.2 Å². The lowest BCUT2D eigenvalue weighted by molar-refractivity contribution is -0.141. The average molecular weight is 488 g/mol. The third kappa shape index (κ3) is 5.80. The van der Waals surface area contributed by atoms with Crippen molar-refractivity contribution >= 4 is 40.0 Å². The molecular weight excluding hydrogens is 463 g/mol. The summed E-state index contributed by atoms with van der Waals surface area (Å²) in [6.45, 7) is 5.51. The number of aromatic nitrogens is 2. The molecular formula is C21H24F3N3O3S2. The van der Waals surface area contributed by atoms with Crippen molar-refractivity contribution in [3.05, 3.63) is 33.5 Å². The Labute approximate surface area is 192 Å². The van der Waals surface area contributed by atoms with Crippen molar-refractivity contribution < 1.29 is 27.5 Å². The number of rotatable bonds is 7. The van der Waals surface area contributed by atoms with Crippen LogP contribution in [0.5, 0.6) is 0 Å². The fraction of sp³-hybridized carbons (Fsp3) is 0.524. The number of carbonyl (C=O) groups excluding carboxylic acids is 2. The van der Waals surface area contributed by atoms with Crippen LogP contribution in [0.3, 0.4) is 0 Å². The number of anilines is 1. The second kappa shape index (κ2) is 10.2. The van der Waals surface area contributed by atoms with Gasteiger partial charge in [0.15, 0.2) is 5.16 Å². The number of thioether (sulfide) groups is 1. The number of thiophene rings is 1. The molecule has 0 aromatic carbocycles. The second-order valence-electron chi connectivity index (χ2n) is 7.46. The standard InChI is InChI=1S/C21H24F3N3O3S2/c1-4-12-6-7-13-14(9-12)32-18(17(13)19(29)30-5-2)27-16(28)10-31-20-25-11(3)8-15(26-20)21(22,23)24/h8,12H,4-7,9-10H2,1-3H3,(H,27,28). The predicted molar refractivity (Wildman–Crippen MR) is 117 cm³/mol. The Morgan fingerprint density at radius 2 is 2.06 bits per heavy atom. The molecule has 1 N–H and O–H groups in total. The zero-order valence-electron chi connectivity index (χ0n) is 18.0. The number of aryl methyl sites for hydroxylation is 1. The average Bonchev–Trinajstić information content (AvgIpc) is 3.08. The van der Waals surface area contributed by atoms with Gasteiger partial charge in [0, 0.05) is 10.6 Å². The summed E-state index contributed by atoms with van der Waals surface area (Å²) in [6.07, 6.45) is -0.972. The largest absolute Gasteiger partial charge is 0.462 e. The first kappa shape index (κ1) is 24.5. The molecule has 0 saturated heterocycles. The summed E-state index contributed by atoms with van der Waals surface area (Å²) in [6, 6.07) is 0.857. The van der Waals surface area contributed by atoms with Gasteiger partial charge in [-0.25, -0.2) is 14.8 Å². The van der Waals surface area contributed by atoms with Crippen molar-refractivity contribution in [2.24, 2.45) is 5.92 Å². The van der Waals surface area contributed by atoms with Gasteiger partial charge in [0.05, 0.1) is 17.9 Å². The molecule has 0 aliphatic heterocycles. The molecule has 1 aliphatic carbocycles. The van der Waals surface area contributed by atoms with Crippen molar-refractivity contribution in [2.45, 2.75) is 57.8 Å². The zero-order chi connectivity index (χ0) is 23.5. The first-order valence-electron chi connectivity index (χ1n) is 10.3. The number of ether oxygens (including phenoxy) is 1. The van der Waals surface area contributed by atoms with Gasteiger partial charge in [0.1, 0.15) is 10.7 Å². The number of amides is 1. The van der Waals surface area contributed by atoms with E-state index in [-0.39, 0.29) is 23.2 Å². The molecule has 174 valence electrons. The SMILES string of the molecule is CCOC(=O)c1c(NC(=O)CSc2nc(C)cc(C(F)(F)F)n2)sc2c1CCC(CC)C2. The van der Waals surface area contributed by atoms with E-state index < -0.39 is 23.7 Å². The van der Waals surface area contributed by atoms with Gasteiger partial charge in [-0.05, 0) is 50.7 Å². The van der Waals surface area contributed by atoms with Crippen molar-refractivity contribution in [1.29, 1.82) is 0 Å². The van der Waals surface area contributed by atoms with E-state index in [4.69, 9.17) is 4.74 Å². The van der Waals surface area contributed by atoms with Gasteiger partial charge in [0.2, 0.25) is 5.91 Å². The van der Waals surface area contributed by atoms with E-state index in [9.17, 15) is 22.8 Å². The fourth-order valence-electron chi connectivity index (χ4n) is 3.55. The Kier molecular flexibility index (Phi) is 7.81. The highest BCUT2D eigenvalue weighted by molar-refractivity contribution is 7.99. The fourth-order valence-corrected chi connectivity index (χ4v) is 5.62. The molecule has 1 aliphatic rings. The third-order valence-electron chi connectivity index (χ3n) is 5.13. The van der Waals surface area contributed by atoms with Gasteiger partial charge < -0.3 is 10.1 Å². The number of alkyl halides is 3. The molecule has 0 bridgehead atoms. The number of hydrogen-bond acceptors (Lipinski definition) is 7. The molecule has 3 rings (SSSR count). The van der Waals surface area contributed by atoms with E-state index >= 15 is 0 Å². The topological polar surface area (TPSA) is 81.2 Å². The molecule has 11 heteroatoms. The van der Waals surface area contributed by atoms with Crippen molar-refractivity contribution in [3.8, 4) is 0 Å². The minimum Gasteiger partial charge on any atom is -0.462 e. The maximum absolute atomic E-state index is 13.0. The molecule has 0 radical (unpaired) electrons. The molecule has 0 spiro atoms. The molecule has 1 atom stereocenters. The molecule has 2 aromatic heterocycles. The van der Waals surface area contributed by atoms with Crippen molar-refractivity contribution in [2.75, 3.05) is 17.7 Å². The Morgan fingerprint density at radius 3 is 2.72 bits per heavy atom. The molecule has 6 nitrogen and oxygen atoms in total. The Morgan fingerprint density at radius 1 is 1.31 bits per heavy atom. The molecule has 0 fully saturated rings. The highest BCUT2D eigenvalue weighted by Gasteiger charge is 2.33. The molecule has 0 saturated carbocycles. The highest BCUT2D eigenvalue weighted by atomic mass is 32.2. The molecule has 32 heavy (non-hydrogen) atoms. The maximum Gasteiger partial charge on any atom is 0.433 e. The van der Waals surface area contributed by atoms with Crippen LogP contribution in [0.15, 0.2) is 11.2 Å². The number of halogens is 3. The second-order valence-corrected chi connectivity index (χ2v) is 9.50. The van der Waals surface area contributed by atoms with Crippen molar-refractivity contribution in [1.82, 2.24) is 9.97 Å². The van der Waals surface area contributed by atoms with Crippen LogP contribution in [-0.2, 0) is 28.5 Å². The summed E-state index contributed by atoms with van der Waals surface area (Å²) < 4.78 is 44.1. The van der Waals surface area contributed by atoms with E-state index in [1.165, 1.54) is 18.3 Å². The van der Waals surface area contributed by atoms with Gasteiger partial charge in [-0.15, -0.1) is 11.3 Å². The third-order valence-corrected chi connectivity index (χ3v) is 7.15. The number of carbonyl (C=O) groups is 2. The minimum atomic E-state index is -4.59. The van der Waals surface area contributed by atoms with E-state index in [2.05, 4.69) is 22.2 Å². The van der Waals surface area contributed by atoms with Gasteiger partial charge in [0.25, 0.3) is 0 Å². The van der Waals surface area contributed by atoms with Crippen LogP contribution >= 0.6 is 23.1 Å². The van der Waals surface area contributed by atoms with E-state index in [0.717, 1.165) is 54.0 Å². The highest BCUT2D eigenvalue weighted by Crippen LogP contribution is 2.41. The summed E-state index contributed by atoms with van der Waals surface area (Å²) in [7, 11) is 0. The lowest BCUT2D eigenvalue weighted by Crippen LogP contribution is -2.18. The van der Waals surface area contributed by atoms with Gasteiger partial charge in [-0.1, -0.05) is 25.1 Å². The molecule has 1 unspecified atom stereocenters. The smallest absolute Gasteiger partial charge is 0.433 e. The first-order chi connectivity index (χ1) is 15.1. The predicted octanol–water partition coefficient (Wildman–Crippen LogP) is 5.29. The Bertz CT molecular complexity index is 1010. The molecule has 2 heterocycles. The number of nitrogens with one attached hydrogen (secondary N) is 1. The summed E-state index contributed by atoms with van der Waals surface area (Å²) in [5.41, 5.74) is 0.439. The number of nitrogens with zero attached hydrogens (tertiary/aromatic N) is 2. The van der Waals surface area contributed by atoms with Gasteiger partial charge in [-0.3, -0.25) is 4.79 Å². The van der Waals surface area contributed by atoms with Crippen LogP contribution in [0.1, 0.15) is 58.9 Å². The van der Waals surface area contributed by atoms with Crippen LogP contribution < -0.4 is 5.32 Å². The normalized spacial score (nSPS) is 15.9. The summed E-state index contributed by atoms with van der Waals surface area (Å²) in [5.74, 6) is -0.579. The summed E-state index contributed by atoms with van der Waals surface area (Å²) >= 11 is 2.18. The van der Waals surface area contributed by atoms with E-state index in [1.54, 1.807) is 6.92 Å². The number of fused-ring (bicyclic) bond motifs is 1. The maximum atomic E-state index is 13.0. The first-order valence-corrected chi connectivity index (χ1v) is 12.1. The Balaban J connectivity index is 1.76. The number of esters is 1. The quantitative estimate of drug-likeness (QED) is 0.325. The van der Waals surface area contributed by atoms with Crippen LogP contribution in [0.4, 0.5) is 18.2 Å². The van der Waals surface area contributed by atoms with E-state index in [0.29, 0.717) is 16.5 Å². The van der Waals surface area contributed by atoms with E-state index in [1.807, 2.05) is 0 Å². The van der Waals surface area contributed by atoms with Gasteiger partial charge >= 0.3 is 12.1 Å². The molecule has 2 aromatic rings.